The van der Waals surface area contributed by atoms with Gasteiger partial charge in [0.2, 0.25) is 0 Å². The average molecular weight is 206 g/mol. The van der Waals surface area contributed by atoms with E-state index < -0.39 is 11.7 Å². The summed E-state index contributed by atoms with van der Waals surface area (Å²) >= 11 is 0. The van der Waals surface area contributed by atoms with Crippen molar-refractivity contribution in [1.82, 2.24) is 5.59 Å². The third-order valence-electron chi connectivity index (χ3n) is 1.51. The minimum absolute atomic E-state index is 0.486. The smallest absolute Gasteiger partial charge is 0.299 e. The van der Waals surface area contributed by atoms with Gasteiger partial charge in [0, 0.05) is 0 Å². The van der Waals surface area contributed by atoms with Gasteiger partial charge in [0.05, 0.1) is 18.4 Å². The molecule has 0 saturated carbocycles. The van der Waals surface area contributed by atoms with Gasteiger partial charge in [0.25, 0.3) is 0 Å². The van der Waals surface area contributed by atoms with Gasteiger partial charge in [-0.05, 0) is 24.3 Å². The first-order valence-electron chi connectivity index (χ1n) is 3.75. The molecule has 0 heterocycles. The van der Waals surface area contributed by atoms with Crippen LogP contribution in [0.1, 0.15) is 5.56 Å². The molecular weight excluding hydrogens is 197 g/mol. The van der Waals surface area contributed by atoms with E-state index >= 15 is 0 Å². The Morgan fingerprint density at radius 1 is 1.14 bits per heavy atom. The summed E-state index contributed by atoms with van der Waals surface area (Å²) < 4.78 is 36.3. The van der Waals surface area contributed by atoms with Crippen molar-refractivity contribution in [2.45, 2.75) is 6.18 Å². The lowest BCUT2D eigenvalue weighted by atomic mass is 10.2. The van der Waals surface area contributed by atoms with Crippen LogP contribution in [0.2, 0.25) is 0 Å². The van der Waals surface area contributed by atoms with E-state index in [-0.39, 0.29) is 0 Å². The number of nitrogens with one attached hydrogen (secondary N) is 2. The lowest BCUT2D eigenvalue weighted by Crippen LogP contribution is -2.19. The minimum atomic E-state index is -4.30. The second-order valence-electron chi connectivity index (χ2n) is 2.51. The molecule has 0 radical (unpaired) electrons. The molecule has 0 fully saturated rings. The molecule has 6 heteroatoms. The molecule has 0 amide bonds. The molecule has 0 aromatic heterocycles. The van der Waals surface area contributed by atoms with Crippen molar-refractivity contribution < 1.29 is 18.0 Å². The first-order valence-corrected chi connectivity index (χ1v) is 3.75. The lowest BCUT2D eigenvalue weighted by molar-refractivity contribution is -0.137. The Labute approximate surface area is 78.8 Å². The summed E-state index contributed by atoms with van der Waals surface area (Å²) in [4.78, 5) is 4.46. The maximum Gasteiger partial charge on any atom is 0.416 e. The first kappa shape index (κ1) is 10.8. The predicted molar refractivity (Wildman–Crippen MR) is 45.2 cm³/mol. The number of hydrogen-bond acceptors (Lipinski definition) is 3. The van der Waals surface area contributed by atoms with Crippen LogP contribution in [0.25, 0.3) is 0 Å². The van der Waals surface area contributed by atoms with Crippen molar-refractivity contribution >= 4 is 5.69 Å². The molecule has 0 unspecified atom stereocenters. The summed E-state index contributed by atoms with van der Waals surface area (Å²) in [5.41, 5.74) is 4.63. The number of alkyl halides is 3. The van der Waals surface area contributed by atoms with E-state index in [0.717, 1.165) is 12.1 Å². The topological polar surface area (TPSA) is 33.3 Å². The van der Waals surface area contributed by atoms with Crippen LogP contribution in [0.5, 0.6) is 0 Å². The number of rotatable bonds is 3. The standard InChI is InChI=1S/C8H9F3N2O/c1-14-13-12-7-4-2-6(3-5-7)8(9,10)11/h2-5,12-13H,1H3. The largest absolute Gasteiger partial charge is 0.416 e. The monoisotopic (exact) mass is 206 g/mol. The number of benzene rings is 1. The van der Waals surface area contributed by atoms with Crippen molar-refractivity contribution in [2.75, 3.05) is 12.5 Å². The van der Waals surface area contributed by atoms with Gasteiger partial charge in [-0.25, -0.2) is 0 Å². The molecule has 1 aromatic rings. The Bertz CT molecular complexity index is 284. The Hall–Kier alpha value is -1.27. The van der Waals surface area contributed by atoms with Crippen molar-refractivity contribution in [2.24, 2.45) is 0 Å². The zero-order valence-corrected chi connectivity index (χ0v) is 7.35. The quantitative estimate of drug-likeness (QED) is 0.743. The van der Waals surface area contributed by atoms with Crippen LogP contribution in [-0.4, -0.2) is 7.11 Å². The molecule has 0 bridgehead atoms. The third kappa shape index (κ3) is 2.90. The number of hydrogen-bond donors (Lipinski definition) is 2. The van der Waals surface area contributed by atoms with E-state index in [9.17, 15) is 13.2 Å². The van der Waals surface area contributed by atoms with Gasteiger partial charge in [-0.2, -0.15) is 13.2 Å². The van der Waals surface area contributed by atoms with E-state index in [1.54, 1.807) is 0 Å². The molecule has 1 rings (SSSR count). The predicted octanol–water partition coefficient (Wildman–Crippen LogP) is 2.18. The van der Waals surface area contributed by atoms with E-state index in [2.05, 4.69) is 15.9 Å². The number of halogens is 3. The van der Waals surface area contributed by atoms with Crippen LogP contribution >= 0.6 is 0 Å². The van der Waals surface area contributed by atoms with Crippen molar-refractivity contribution in [1.29, 1.82) is 0 Å². The number of anilines is 1. The van der Waals surface area contributed by atoms with Crippen molar-refractivity contribution in [3.8, 4) is 0 Å². The van der Waals surface area contributed by atoms with Gasteiger partial charge >= 0.3 is 6.18 Å². The van der Waals surface area contributed by atoms with Crippen LogP contribution in [0.15, 0.2) is 24.3 Å². The molecular formula is C8H9F3N2O. The normalized spacial score (nSPS) is 11.4. The van der Waals surface area contributed by atoms with Gasteiger partial charge in [0.1, 0.15) is 0 Å². The highest BCUT2D eigenvalue weighted by molar-refractivity contribution is 5.43. The Morgan fingerprint density at radius 2 is 1.71 bits per heavy atom. The molecule has 14 heavy (non-hydrogen) atoms. The second-order valence-corrected chi connectivity index (χ2v) is 2.51. The molecule has 0 aliphatic carbocycles. The van der Waals surface area contributed by atoms with Gasteiger partial charge < -0.3 is 0 Å². The first-order chi connectivity index (χ1) is 6.54. The summed E-state index contributed by atoms with van der Waals surface area (Å²) in [6.45, 7) is 0. The highest BCUT2D eigenvalue weighted by Gasteiger charge is 2.29. The highest BCUT2D eigenvalue weighted by atomic mass is 19.4. The molecule has 0 atom stereocenters. The van der Waals surface area contributed by atoms with Crippen LogP contribution in [-0.2, 0) is 11.0 Å². The van der Waals surface area contributed by atoms with E-state index in [4.69, 9.17) is 0 Å². The molecule has 78 valence electrons. The van der Waals surface area contributed by atoms with Crippen LogP contribution in [0, 0.1) is 0 Å². The summed E-state index contributed by atoms with van der Waals surface area (Å²) in [6.07, 6.45) is -4.30. The zero-order chi connectivity index (χ0) is 10.6. The maximum atomic E-state index is 12.1. The molecule has 0 aliphatic rings. The minimum Gasteiger partial charge on any atom is -0.299 e. The maximum absolute atomic E-state index is 12.1. The Morgan fingerprint density at radius 3 is 2.14 bits per heavy atom. The highest BCUT2D eigenvalue weighted by Crippen LogP contribution is 2.29. The third-order valence-corrected chi connectivity index (χ3v) is 1.51. The average Bonchev–Trinajstić information content (AvgIpc) is 2.14. The number of hydrazine groups is 1. The van der Waals surface area contributed by atoms with Gasteiger partial charge in [-0.3, -0.25) is 10.3 Å². The Balaban J connectivity index is 2.69. The molecule has 0 spiro atoms. The van der Waals surface area contributed by atoms with E-state index in [1.165, 1.54) is 19.2 Å². The molecule has 3 nitrogen and oxygen atoms in total. The van der Waals surface area contributed by atoms with E-state index in [0.29, 0.717) is 5.69 Å². The van der Waals surface area contributed by atoms with Gasteiger partial charge in [0.15, 0.2) is 0 Å². The SMILES string of the molecule is CONNc1ccc(C(F)(F)F)cc1. The van der Waals surface area contributed by atoms with Crippen LogP contribution < -0.4 is 11.0 Å². The van der Waals surface area contributed by atoms with Crippen molar-refractivity contribution in [3.63, 3.8) is 0 Å². The summed E-state index contributed by atoms with van der Waals surface area (Å²) in [5.74, 6) is 0. The zero-order valence-electron chi connectivity index (χ0n) is 7.35. The lowest BCUT2D eigenvalue weighted by Gasteiger charge is -2.08. The Kier molecular flexibility index (Phi) is 3.32. The molecule has 0 aliphatic heterocycles. The fourth-order valence-corrected chi connectivity index (χ4v) is 0.853. The molecule has 2 N–H and O–H groups in total. The van der Waals surface area contributed by atoms with Crippen molar-refractivity contribution in [3.05, 3.63) is 29.8 Å². The summed E-state index contributed by atoms with van der Waals surface area (Å²) in [6, 6.07) is 4.57. The van der Waals surface area contributed by atoms with Crippen LogP contribution in [0.4, 0.5) is 18.9 Å². The van der Waals surface area contributed by atoms with Gasteiger partial charge in [-0.1, -0.05) is 0 Å². The summed E-state index contributed by atoms with van der Waals surface area (Å²) in [5, 5.41) is 0. The second kappa shape index (κ2) is 4.30. The fraction of sp³-hybridized carbons (Fsp3) is 0.250. The van der Waals surface area contributed by atoms with Crippen LogP contribution in [0.3, 0.4) is 0 Å². The van der Waals surface area contributed by atoms with E-state index in [1.807, 2.05) is 0 Å². The molecule has 1 aromatic carbocycles. The van der Waals surface area contributed by atoms with Gasteiger partial charge in [-0.15, -0.1) is 5.59 Å². The summed E-state index contributed by atoms with van der Waals surface area (Å²) in [7, 11) is 1.39. The molecule has 0 saturated heterocycles. The fourth-order valence-electron chi connectivity index (χ4n) is 0.853.